The first-order valence-corrected chi connectivity index (χ1v) is 11.1. The molecular formula is C25H28N6O. The maximum atomic E-state index is 13.5. The summed E-state index contributed by atoms with van der Waals surface area (Å²) in [7, 11) is 0. The maximum Gasteiger partial charge on any atom is 0.254 e. The van der Waals surface area contributed by atoms with Crippen LogP contribution in [0.4, 0.5) is 5.69 Å². The molecule has 0 unspecified atom stereocenters. The Kier molecular flexibility index (Phi) is 4.84. The predicted molar refractivity (Wildman–Crippen MR) is 126 cm³/mol. The lowest BCUT2D eigenvalue weighted by Gasteiger charge is -2.38. The third-order valence-electron chi connectivity index (χ3n) is 6.24. The van der Waals surface area contributed by atoms with E-state index in [0.29, 0.717) is 11.4 Å². The summed E-state index contributed by atoms with van der Waals surface area (Å²) >= 11 is 0. The summed E-state index contributed by atoms with van der Waals surface area (Å²) in [4.78, 5) is 18.9. The highest BCUT2D eigenvalue weighted by Crippen LogP contribution is 2.37. The molecule has 1 atom stereocenters. The molecule has 1 aliphatic heterocycles. The quantitative estimate of drug-likeness (QED) is 0.531. The second-order valence-electron chi connectivity index (χ2n) is 9.54. The maximum absolute atomic E-state index is 13.5. The predicted octanol–water partition coefficient (Wildman–Crippen LogP) is 4.12. The molecule has 0 fully saturated rings. The van der Waals surface area contributed by atoms with Gasteiger partial charge in [-0.1, -0.05) is 36.4 Å². The topological polar surface area (TPSA) is 79.7 Å². The van der Waals surface area contributed by atoms with Crippen LogP contribution in [0.2, 0.25) is 0 Å². The first-order valence-electron chi connectivity index (χ1n) is 11.1. The molecule has 164 valence electrons. The van der Waals surface area contributed by atoms with Crippen molar-refractivity contribution in [2.75, 3.05) is 11.4 Å². The Hall–Kier alpha value is -3.48. The molecule has 2 aromatic heterocycles. The molecule has 0 amide bonds. The van der Waals surface area contributed by atoms with Crippen molar-refractivity contribution in [3.05, 3.63) is 81.4 Å². The number of hydrogen-bond acceptors (Lipinski definition) is 5. The smallest absolute Gasteiger partial charge is 0.254 e. The van der Waals surface area contributed by atoms with Crippen molar-refractivity contribution < 1.29 is 0 Å². The van der Waals surface area contributed by atoms with Gasteiger partial charge in [-0.15, -0.1) is 5.10 Å². The number of H-pyrrole nitrogens is 1. The minimum Gasteiger partial charge on any atom is -0.357 e. The van der Waals surface area contributed by atoms with Crippen molar-refractivity contribution in [3.8, 4) is 0 Å². The number of para-hydroxylation sites is 2. The van der Waals surface area contributed by atoms with E-state index in [1.54, 1.807) is 0 Å². The van der Waals surface area contributed by atoms with Gasteiger partial charge in [-0.05, 0) is 79.6 Å². The molecule has 3 heterocycles. The van der Waals surface area contributed by atoms with Gasteiger partial charge in [0.1, 0.15) is 6.04 Å². The molecule has 7 heteroatoms. The van der Waals surface area contributed by atoms with Gasteiger partial charge >= 0.3 is 0 Å². The van der Waals surface area contributed by atoms with Gasteiger partial charge < -0.3 is 9.88 Å². The summed E-state index contributed by atoms with van der Waals surface area (Å²) < 4.78 is 1.84. The normalized spacial score (nSPS) is 15.1. The van der Waals surface area contributed by atoms with E-state index in [4.69, 9.17) is 0 Å². The van der Waals surface area contributed by atoms with Crippen LogP contribution in [0.25, 0.3) is 10.9 Å². The van der Waals surface area contributed by atoms with Crippen LogP contribution in [0.15, 0.2) is 53.3 Å². The van der Waals surface area contributed by atoms with Crippen LogP contribution in [0.3, 0.4) is 0 Å². The van der Waals surface area contributed by atoms with E-state index in [1.807, 2.05) is 35.9 Å². The number of anilines is 1. The number of pyridine rings is 1. The van der Waals surface area contributed by atoms with Gasteiger partial charge in [0.15, 0.2) is 5.82 Å². The molecule has 1 N–H and O–H groups in total. The molecule has 5 rings (SSSR count). The largest absolute Gasteiger partial charge is 0.357 e. The lowest BCUT2D eigenvalue weighted by atomic mass is 9.95. The summed E-state index contributed by atoms with van der Waals surface area (Å²) in [5, 5.41) is 13.8. The fourth-order valence-electron chi connectivity index (χ4n) is 4.72. The molecular weight excluding hydrogens is 400 g/mol. The van der Waals surface area contributed by atoms with Crippen molar-refractivity contribution in [1.29, 1.82) is 0 Å². The summed E-state index contributed by atoms with van der Waals surface area (Å²) in [6, 6.07) is 16.1. The number of rotatable bonds is 3. The average Bonchev–Trinajstić information content (AvgIpc) is 3.25. The van der Waals surface area contributed by atoms with Gasteiger partial charge in [0.05, 0.1) is 11.1 Å². The Balaban J connectivity index is 1.78. The van der Waals surface area contributed by atoms with Crippen molar-refractivity contribution in [1.82, 2.24) is 25.2 Å². The number of tetrazole rings is 1. The Morgan fingerprint density at radius 3 is 2.72 bits per heavy atom. The average molecular weight is 429 g/mol. The second-order valence-corrected chi connectivity index (χ2v) is 9.54. The summed E-state index contributed by atoms with van der Waals surface area (Å²) in [5.74, 6) is 0.673. The van der Waals surface area contributed by atoms with E-state index in [1.165, 1.54) is 5.56 Å². The van der Waals surface area contributed by atoms with Crippen LogP contribution >= 0.6 is 0 Å². The summed E-state index contributed by atoms with van der Waals surface area (Å²) in [6.07, 6.45) is 2.03. The Labute approximate surface area is 187 Å². The molecule has 0 spiro atoms. The van der Waals surface area contributed by atoms with Crippen molar-refractivity contribution in [2.45, 2.75) is 52.1 Å². The Bertz CT molecular complexity index is 1350. The monoisotopic (exact) mass is 428 g/mol. The zero-order chi connectivity index (χ0) is 22.5. The van der Waals surface area contributed by atoms with Crippen LogP contribution in [0.1, 0.15) is 55.7 Å². The third kappa shape index (κ3) is 3.38. The molecule has 0 saturated carbocycles. The van der Waals surface area contributed by atoms with Gasteiger partial charge in [-0.2, -0.15) is 0 Å². The van der Waals surface area contributed by atoms with Gasteiger partial charge in [-0.3, -0.25) is 4.79 Å². The number of nitrogens with zero attached hydrogens (tertiary/aromatic N) is 5. The summed E-state index contributed by atoms with van der Waals surface area (Å²) in [6.45, 7) is 9.05. The zero-order valence-corrected chi connectivity index (χ0v) is 19.0. The van der Waals surface area contributed by atoms with Crippen molar-refractivity contribution in [2.24, 2.45) is 0 Å². The molecule has 1 aliphatic rings. The highest BCUT2D eigenvalue weighted by Gasteiger charge is 2.35. The van der Waals surface area contributed by atoms with Crippen LogP contribution in [0.5, 0.6) is 0 Å². The molecule has 32 heavy (non-hydrogen) atoms. The number of aromatic amines is 1. The minimum absolute atomic E-state index is 0.108. The van der Waals surface area contributed by atoms with Crippen LogP contribution in [-0.2, 0) is 12.0 Å². The lowest BCUT2D eigenvalue weighted by Crippen LogP contribution is -2.40. The van der Waals surface area contributed by atoms with Crippen LogP contribution in [0, 0.1) is 6.92 Å². The molecule has 0 saturated heterocycles. The zero-order valence-electron chi connectivity index (χ0n) is 19.0. The van der Waals surface area contributed by atoms with Gasteiger partial charge in [0.25, 0.3) is 5.56 Å². The van der Waals surface area contributed by atoms with Crippen molar-refractivity contribution >= 4 is 16.6 Å². The first kappa shape index (κ1) is 20.4. The van der Waals surface area contributed by atoms with Crippen molar-refractivity contribution in [3.63, 3.8) is 0 Å². The van der Waals surface area contributed by atoms with Gasteiger partial charge in [0, 0.05) is 17.8 Å². The molecule has 7 nitrogen and oxygen atoms in total. The summed E-state index contributed by atoms with van der Waals surface area (Å²) in [5.41, 5.74) is 4.55. The second kappa shape index (κ2) is 7.58. The fourth-order valence-corrected chi connectivity index (χ4v) is 4.72. The number of hydrogen-bond donors (Lipinski definition) is 1. The van der Waals surface area contributed by atoms with E-state index in [0.717, 1.165) is 41.5 Å². The highest BCUT2D eigenvalue weighted by atomic mass is 16.1. The fraction of sp³-hybridized carbons (Fsp3) is 0.360. The number of nitrogens with one attached hydrogen (secondary N) is 1. The molecule has 0 aliphatic carbocycles. The number of aromatic nitrogens is 5. The Morgan fingerprint density at radius 1 is 1.09 bits per heavy atom. The number of aryl methyl sites for hydroxylation is 2. The van der Waals surface area contributed by atoms with E-state index in [9.17, 15) is 4.79 Å². The standard InChI is InChI=1S/C25H28N6O/c1-16-9-7-11-18-15-19(24(32)26-21(16)18)22(23-27-28-29-31(23)25(2,3)4)30-14-8-12-17-10-5-6-13-20(17)30/h5-7,9-11,13,15,22H,8,12,14H2,1-4H3,(H,26,32)/t22-/m0/s1. The van der Waals surface area contributed by atoms with Crippen LogP contribution in [-0.4, -0.2) is 31.7 Å². The lowest BCUT2D eigenvalue weighted by molar-refractivity contribution is 0.329. The molecule has 0 radical (unpaired) electrons. The number of fused-ring (bicyclic) bond motifs is 2. The number of benzene rings is 2. The molecule has 2 aromatic carbocycles. The van der Waals surface area contributed by atoms with Crippen LogP contribution < -0.4 is 10.5 Å². The first-order chi connectivity index (χ1) is 15.3. The van der Waals surface area contributed by atoms with E-state index < -0.39 is 6.04 Å². The molecule has 0 bridgehead atoms. The van der Waals surface area contributed by atoms with Gasteiger partial charge in [0.2, 0.25) is 0 Å². The van der Waals surface area contributed by atoms with E-state index in [-0.39, 0.29) is 11.1 Å². The Morgan fingerprint density at radius 2 is 1.91 bits per heavy atom. The molecule has 4 aromatic rings. The SMILES string of the molecule is Cc1cccc2cc([C@@H](c3nnnn3C(C)(C)C)N3CCCc4ccccc43)c(=O)[nH]c12. The van der Waals surface area contributed by atoms with E-state index >= 15 is 0 Å². The minimum atomic E-state index is -0.403. The van der Waals surface area contributed by atoms with Gasteiger partial charge in [-0.25, -0.2) is 4.68 Å². The van der Waals surface area contributed by atoms with E-state index in [2.05, 4.69) is 70.4 Å². The highest BCUT2D eigenvalue weighted by molar-refractivity contribution is 5.82. The third-order valence-corrected chi connectivity index (χ3v) is 6.24.